The van der Waals surface area contributed by atoms with Crippen LogP contribution >= 0.6 is 0 Å². The maximum Gasteiger partial charge on any atom is 0.536 e. The predicted octanol–water partition coefficient (Wildman–Crippen LogP) is 6.69. The highest BCUT2D eigenvalue weighted by molar-refractivity contribution is 6.75. The Labute approximate surface area is 220 Å². The Morgan fingerprint density at radius 3 is 1.41 bits per heavy atom. The van der Waals surface area contributed by atoms with Crippen molar-refractivity contribution in [2.24, 2.45) is 0 Å². The van der Waals surface area contributed by atoms with Crippen molar-refractivity contribution in [2.75, 3.05) is 21.3 Å². The molecule has 0 spiro atoms. The minimum Gasteiger partial charge on any atom is -0.489 e. The molecule has 0 aliphatic carbocycles. The minimum absolute atomic E-state index is 0.474. The summed E-state index contributed by atoms with van der Waals surface area (Å²) in [6, 6.07) is 34.9. The second-order valence-corrected chi connectivity index (χ2v) is 11.4. The van der Waals surface area contributed by atoms with E-state index in [1.54, 1.807) is 21.3 Å². The van der Waals surface area contributed by atoms with Crippen LogP contribution in [0.25, 0.3) is 24.3 Å². The van der Waals surface area contributed by atoms with Crippen LogP contribution in [0.2, 0.25) is 0 Å². The monoisotopic (exact) mass is 508 g/mol. The molecule has 188 valence electrons. The topological polar surface area (TPSA) is 36.9 Å². The average Bonchev–Trinajstić information content (AvgIpc) is 2.97. The van der Waals surface area contributed by atoms with Crippen LogP contribution in [0.5, 0.6) is 5.75 Å². The molecule has 0 bridgehead atoms. The lowest BCUT2D eigenvalue weighted by Gasteiger charge is -2.24. The van der Waals surface area contributed by atoms with Crippen molar-refractivity contribution in [3.05, 3.63) is 131 Å². The van der Waals surface area contributed by atoms with Gasteiger partial charge in [-0.2, -0.15) is 0 Å². The summed E-state index contributed by atoms with van der Waals surface area (Å²) in [7, 11) is 2.01. The fourth-order valence-corrected chi connectivity index (χ4v) is 5.70. The van der Waals surface area contributed by atoms with Gasteiger partial charge < -0.3 is 18.0 Å². The van der Waals surface area contributed by atoms with Gasteiger partial charge in [-0.05, 0) is 39.9 Å². The van der Waals surface area contributed by atoms with Gasteiger partial charge in [0.15, 0.2) is 0 Å². The second kappa shape index (κ2) is 13.0. The zero-order chi connectivity index (χ0) is 25.9. The zero-order valence-corrected chi connectivity index (χ0v) is 22.5. The van der Waals surface area contributed by atoms with E-state index in [1.807, 2.05) is 54.6 Å². The molecule has 0 amide bonds. The molecule has 4 rings (SSSR count). The van der Waals surface area contributed by atoms with Gasteiger partial charge >= 0.3 is 8.80 Å². The Hall–Kier alpha value is -3.74. The normalized spacial score (nSPS) is 11.9. The molecule has 0 fully saturated rings. The first kappa shape index (κ1) is 26.3. The molecule has 4 nitrogen and oxygen atoms in total. The van der Waals surface area contributed by atoms with E-state index in [-0.39, 0.29) is 0 Å². The van der Waals surface area contributed by atoms with E-state index in [9.17, 15) is 0 Å². The quantitative estimate of drug-likeness (QED) is 0.167. The Morgan fingerprint density at radius 2 is 0.946 bits per heavy atom. The van der Waals surface area contributed by atoms with Crippen molar-refractivity contribution in [1.29, 1.82) is 0 Å². The molecule has 0 heterocycles. The maximum atomic E-state index is 5.97. The third kappa shape index (κ3) is 7.15. The minimum atomic E-state index is -2.81. The van der Waals surface area contributed by atoms with Gasteiger partial charge in [-0.1, -0.05) is 115 Å². The van der Waals surface area contributed by atoms with Gasteiger partial charge in [0, 0.05) is 26.5 Å². The molecule has 0 saturated carbocycles. The summed E-state index contributed by atoms with van der Waals surface area (Å²) >= 11 is 0. The van der Waals surface area contributed by atoms with Gasteiger partial charge in [-0.15, -0.1) is 0 Å². The summed E-state index contributed by atoms with van der Waals surface area (Å²) in [6.45, 7) is 0.474. The lowest BCUT2D eigenvalue weighted by atomic mass is 10.1. The summed E-state index contributed by atoms with van der Waals surface area (Å²) in [5.41, 5.74) is 5.70. The van der Waals surface area contributed by atoms with Crippen LogP contribution in [0.4, 0.5) is 0 Å². The molecule has 0 saturated heterocycles. The van der Waals surface area contributed by atoms with E-state index in [0.717, 1.165) is 27.6 Å². The van der Waals surface area contributed by atoms with Crippen LogP contribution in [-0.4, -0.2) is 30.1 Å². The van der Waals surface area contributed by atoms with Crippen LogP contribution in [-0.2, 0) is 19.9 Å². The molecular formula is C32H32O4Si. The number of benzene rings is 4. The highest BCUT2D eigenvalue weighted by atomic mass is 28.4. The first-order chi connectivity index (χ1) is 18.1. The molecule has 4 aromatic rings. The molecule has 5 heteroatoms. The second-order valence-electron chi connectivity index (χ2n) is 8.47. The van der Waals surface area contributed by atoms with Crippen molar-refractivity contribution in [1.82, 2.24) is 0 Å². The van der Waals surface area contributed by atoms with E-state index >= 15 is 0 Å². The highest BCUT2D eigenvalue weighted by Crippen LogP contribution is 2.17. The lowest BCUT2D eigenvalue weighted by molar-refractivity contribution is 0.140. The predicted molar refractivity (Wildman–Crippen MR) is 154 cm³/mol. The maximum absolute atomic E-state index is 5.97. The van der Waals surface area contributed by atoms with Crippen molar-refractivity contribution in [3.63, 3.8) is 0 Å². The number of hydrogen-bond acceptors (Lipinski definition) is 4. The standard InChI is InChI=1S/C32H32O4Si/c1-33-37(34-2,35-3)32-23-19-30(20-24-32)25-36-31-21-17-29(18-22-31)16-15-28-13-11-27(12-14-28)10-9-26-7-5-4-6-8-26/h4-24H,25H2,1-3H3/b10-9+,16-15+. The fraction of sp³-hybridized carbons (Fsp3) is 0.125. The van der Waals surface area contributed by atoms with Crippen molar-refractivity contribution >= 4 is 38.3 Å². The van der Waals surface area contributed by atoms with Crippen LogP contribution in [0, 0.1) is 0 Å². The van der Waals surface area contributed by atoms with Gasteiger partial charge in [-0.25, -0.2) is 0 Å². The van der Waals surface area contributed by atoms with Gasteiger partial charge in [0.05, 0.1) is 0 Å². The summed E-state index contributed by atoms with van der Waals surface area (Å²) in [6.07, 6.45) is 8.48. The lowest BCUT2D eigenvalue weighted by Crippen LogP contribution is -2.54. The molecule has 0 atom stereocenters. The van der Waals surface area contributed by atoms with Gasteiger partial charge in [0.1, 0.15) is 12.4 Å². The van der Waals surface area contributed by atoms with E-state index < -0.39 is 8.80 Å². The largest absolute Gasteiger partial charge is 0.536 e. The molecule has 0 aliphatic rings. The van der Waals surface area contributed by atoms with Crippen LogP contribution in [0.1, 0.15) is 27.8 Å². The fourth-order valence-electron chi connectivity index (χ4n) is 3.92. The van der Waals surface area contributed by atoms with Crippen molar-refractivity contribution < 1.29 is 18.0 Å². The van der Waals surface area contributed by atoms with Crippen LogP contribution < -0.4 is 9.92 Å². The Kier molecular flexibility index (Phi) is 9.24. The van der Waals surface area contributed by atoms with Crippen molar-refractivity contribution in [3.8, 4) is 5.75 Å². The van der Waals surface area contributed by atoms with Gasteiger partial charge in [0.25, 0.3) is 0 Å². The smallest absolute Gasteiger partial charge is 0.489 e. The number of hydrogen-bond donors (Lipinski definition) is 0. The molecule has 37 heavy (non-hydrogen) atoms. The molecule has 0 aromatic heterocycles. The van der Waals surface area contributed by atoms with E-state index in [4.69, 9.17) is 18.0 Å². The Bertz CT molecular complexity index is 1280. The Morgan fingerprint density at radius 1 is 0.514 bits per heavy atom. The summed E-state index contributed by atoms with van der Waals surface area (Å²) in [5, 5.41) is 0.915. The van der Waals surface area contributed by atoms with E-state index in [0.29, 0.717) is 6.61 Å². The third-order valence-corrected chi connectivity index (χ3v) is 8.72. The number of ether oxygens (including phenoxy) is 1. The van der Waals surface area contributed by atoms with Crippen LogP contribution in [0.15, 0.2) is 103 Å². The van der Waals surface area contributed by atoms with Gasteiger partial charge in [-0.3, -0.25) is 0 Å². The first-order valence-corrected chi connectivity index (χ1v) is 13.9. The zero-order valence-electron chi connectivity index (χ0n) is 21.5. The van der Waals surface area contributed by atoms with Crippen molar-refractivity contribution in [2.45, 2.75) is 6.61 Å². The number of rotatable bonds is 11. The molecular weight excluding hydrogens is 476 g/mol. The third-order valence-electron chi connectivity index (χ3n) is 6.07. The molecule has 0 radical (unpaired) electrons. The average molecular weight is 509 g/mol. The summed E-state index contributed by atoms with van der Waals surface area (Å²) in [4.78, 5) is 0. The highest BCUT2D eigenvalue weighted by Gasteiger charge is 2.40. The first-order valence-electron chi connectivity index (χ1n) is 12.1. The SMILES string of the molecule is CO[Si](OC)(OC)c1ccc(COc2ccc(/C=C/c3ccc(/C=C/c4ccccc4)cc3)cc2)cc1. The van der Waals surface area contributed by atoms with Crippen LogP contribution in [0.3, 0.4) is 0 Å². The van der Waals surface area contributed by atoms with Gasteiger partial charge in [0.2, 0.25) is 0 Å². The van der Waals surface area contributed by atoms with E-state index in [1.165, 1.54) is 11.1 Å². The molecule has 0 aliphatic heterocycles. The molecule has 0 N–H and O–H groups in total. The molecule has 0 unspecified atom stereocenters. The summed E-state index contributed by atoms with van der Waals surface area (Å²) in [5.74, 6) is 0.824. The summed E-state index contributed by atoms with van der Waals surface area (Å²) < 4.78 is 22.6. The van der Waals surface area contributed by atoms with E-state index in [2.05, 4.69) is 72.8 Å². The Balaban J connectivity index is 1.30. The molecule has 4 aromatic carbocycles.